The third-order valence-electron chi connectivity index (χ3n) is 2.34. The molecular weight excluding hydrogens is 178 g/mol. The van der Waals surface area contributed by atoms with Crippen molar-refractivity contribution in [2.24, 2.45) is 0 Å². The Morgan fingerprint density at radius 3 is 3.00 bits per heavy atom. The molecule has 0 saturated heterocycles. The molecule has 1 aliphatic rings. The van der Waals surface area contributed by atoms with E-state index in [-0.39, 0.29) is 6.04 Å². The Bertz CT molecular complexity index is 295. The first-order valence-corrected chi connectivity index (χ1v) is 4.98. The van der Waals surface area contributed by atoms with Gasteiger partial charge in [0.05, 0.1) is 23.8 Å². The number of H-pyrrole nitrogens is 1. The molecule has 0 saturated carbocycles. The normalized spacial score (nSPS) is 20.6. The number of nitrogens with zero attached hydrogens (tertiary/aromatic N) is 2. The minimum Gasteiger partial charge on any atom is -0.347 e. The highest BCUT2D eigenvalue weighted by molar-refractivity contribution is 5.59. The molecule has 0 spiro atoms. The van der Waals surface area contributed by atoms with Crippen LogP contribution >= 0.6 is 0 Å². The number of likely N-dealkylation sites (N-methyl/N-ethyl adjacent to an activating group) is 1. The van der Waals surface area contributed by atoms with Crippen LogP contribution in [0, 0.1) is 0 Å². The summed E-state index contributed by atoms with van der Waals surface area (Å²) in [6.07, 6.45) is 3.40. The third-order valence-corrected chi connectivity index (χ3v) is 2.34. The van der Waals surface area contributed by atoms with Gasteiger partial charge >= 0.3 is 0 Å². The van der Waals surface area contributed by atoms with E-state index >= 15 is 0 Å². The minimum absolute atomic E-state index is 0.000741. The summed E-state index contributed by atoms with van der Waals surface area (Å²) in [4.78, 5) is 19.9. The number of aromatic nitrogens is 2. The number of carbonyl (C=O) groups excluding carboxylic acids is 1. The minimum atomic E-state index is 0.000741. The maximum Gasteiger partial charge on any atom is 0.137 e. The highest BCUT2D eigenvalue weighted by Crippen LogP contribution is 2.17. The molecule has 1 atom stereocenters. The Balaban J connectivity index is 0.000000461. The summed E-state index contributed by atoms with van der Waals surface area (Å²) in [5.41, 5.74) is 2.17. The summed E-state index contributed by atoms with van der Waals surface area (Å²) in [5, 5.41) is 0. The molecular formula is C10H17N3O. The molecule has 0 aliphatic carbocycles. The lowest BCUT2D eigenvalue weighted by Crippen LogP contribution is -2.38. The van der Waals surface area contributed by atoms with Crippen LogP contribution < -0.4 is 0 Å². The average molecular weight is 195 g/mol. The van der Waals surface area contributed by atoms with Gasteiger partial charge in [0.2, 0.25) is 0 Å². The largest absolute Gasteiger partial charge is 0.347 e. The SMILES string of the molecule is CC.CN1Cc2[nH]cnc2CC1C=O. The van der Waals surface area contributed by atoms with E-state index in [1.54, 1.807) is 6.33 Å². The first-order chi connectivity index (χ1) is 6.81. The van der Waals surface area contributed by atoms with E-state index in [1.165, 1.54) is 0 Å². The third kappa shape index (κ3) is 2.01. The summed E-state index contributed by atoms with van der Waals surface area (Å²) in [5.74, 6) is 0. The van der Waals surface area contributed by atoms with Gasteiger partial charge in [-0.25, -0.2) is 4.98 Å². The quantitative estimate of drug-likeness (QED) is 0.680. The smallest absolute Gasteiger partial charge is 0.137 e. The van der Waals surface area contributed by atoms with E-state index in [9.17, 15) is 4.79 Å². The monoisotopic (exact) mass is 195 g/mol. The van der Waals surface area contributed by atoms with Crippen molar-refractivity contribution in [1.82, 2.24) is 14.9 Å². The van der Waals surface area contributed by atoms with Gasteiger partial charge in [0, 0.05) is 13.0 Å². The Labute approximate surface area is 84.3 Å². The molecule has 4 nitrogen and oxygen atoms in total. The molecule has 0 bridgehead atoms. The van der Waals surface area contributed by atoms with Gasteiger partial charge in [-0.1, -0.05) is 13.8 Å². The van der Waals surface area contributed by atoms with Gasteiger partial charge in [0.1, 0.15) is 6.29 Å². The Hall–Kier alpha value is -1.16. The van der Waals surface area contributed by atoms with Crippen LogP contribution in [0.15, 0.2) is 6.33 Å². The molecule has 0 fully saturated rings. The Morgan fingerprint density at radius 2 is 2.36 bits per heavy atom. The predicted molar refractivity (Wildman–Crippen MR) is 55.0 cm³/mol. The van der Waals surface area contributed by atoms with Crippen LogP contribution in [0.25, 0.3) is 0 Å². The van der Waals surface area contributed by atoms with Crippen molar-refractivity contribution in [3.8, 4) is 0 Å². The van der Waals surface area contributed by atoms with Gasteiger partial charge in [-0.3, -0.25) is 4.90 Å². The second-order valence-corrected chi connectivity index (χ2v) is 3.15. The number of imidazole rings is 1. The fourth-order valence-corrected chi connectivity index (χ4v) is 1.53. The summed E-state index contributed by atoms with van der Waals surface area (Å²) in [6, 6.07) is 0.000741. The standard InChI is InChI=1S/C8H11N3O.C2H6/c1-11-3-8-7(9-5-10-8)2-6(11)4-12;1-2/h4-6H,2-3H2,1H3,(H,9,10);1-2H3. The van der Waals surface area contributed by atoms with Crippen LogP contribution in [0.1, 0.15) is 25.2 Å². The molecule has 1 N–H and O–H groups in total. The first-order valence-electron chi connectivity index (χ1n) is 4.98. The maximum absolute atomic E-state index is 10.6. The highest BCUT2D eigenvalue weighted by atomic mass is 16.1. The molecule has 1 unspecified atom stereocenters. The number of aromatic amines is 1. The van der Waals surface area contributed by atoms with Crippen LogP contribution in [-0.2, 0) is 17.8 Å². The molecule has 78 valence electrons. The zero-order chi connectivity index (χ0) is 10.6. The van der Waals surface area contributed by atoms with Gasteiger partial charge < -0.3 is 9.78 Å². The number of rotatable bonds is 1. The van der Waals surface area contributed by atoms with Crippen LogP contribution in [0.4, 0.5) is 0 Å². The van der Waals surface area contributed by atoms with E-state index < -0.39 is 0 Å². The Morgan fingerprint density at radius 1 is 1.64 bits per heavy atom. The van der Waals surface area contributed by atoms with E-state index in [1.807, 2.05) is 25.8 Å². The molecule has 2 heterocycles. The van der Waals surface area contributed by atoms with Crippen molar-refractivity contribution in [3.63, 3.8) is 0 Å². The molecule has 2 rings (SSSR count). The van der Waals surface area contributed by atoms with Crippen molar-refractivity contribution in [2.45, 2.75) is 32.9 Å². The number of carbonyl (C=O) groups is 1. The number of hydrogen-bond acceptors (Lipinski definition) is 3. The highest BCUT2D eigenvalue weighted by Gasteiger charge is 2.24. The van der Waals surface area contributed by atoms with E-state index in [0.717, 1.165) is 30.6 Å². The average Bonchev–Trinajstić information content (AvgIpc) is 2.66. The van der Waals surface area contributed by atoms with Gasteiger partial charge in [-0.05, 0) is 7.05 Å². The molecule has 1 aromatic heterocycles. The molecule has 4 heteroatoms. The van der Waals surface area contributed by atoms with Crippen molar-refractivity contribution < 1.29 is 4.79 Å². The van der Waals surface area contributed by atoms with E-state index in [0.29, 0.717) is 0 Å². The van der Waals surface area contributed by atoms with Crippen LogP contribution in [0.3, 0.4) is 0 Å². The molecule has 1 aliphatic heterocycles. The second-order valence-electron chi connectivity index (χ2n) is 3.15. The predicted octanol–water partition coefficient (Wildman–Crippen LogP) is 0.991. The molecule has 14 heavy (non-hydrogen) atoms. The molecule has 0 amide bonds. The summed E-state index contributed by atoms with van der Waals surface area (Å²) >= 11 is 0. The summed E-state index contributed by atoms with van der Waals surface area (Å²) < 4.78 is 0. The molecule has 0 aromatic carbocycles. The van der Waals surface area contributed by atoms with Crippen LogP contribution in [-0.4, -0.2) is 34.2 Å². The topological polar surface area (TPSA) is 49.0 Å². The van der Waals surface area contributed by atoms with Gasteiger partial charge in [-0.15, -0.1) is 0 Å². The maximum atomic E-state index is 10.6. The van der Waals surface area contributed by atoms with Crippen molar-refractivity contribution in [1.29, 1.82) is 0 Å². The molecule has 1 aromatic rings. The lowest BCUT2D eigenvalue weighted by molar-refractivity contribution is -0.112. The van der Waals surface area contributed by atoms with Crippen molar-refractivity contribution >= 4 is 6.29 Å². The lowest BCUT2D eigenvalue weighted by Gasteiger charge is -2.27. The van der Waals surface area contributed by atoms with Crippen LogP contribution in [0.5, 0.6) is 0 Å². The zero-order valence-corrected chi connectivity index (χ0v) is 8.95. The summed E-state index contributed by atoms with van der Waals surface area (Å²) in [7, 11) is 1.95. The second kappa shape index (κ2) is 4.91. The van der Waals surface area contributed by atoms with Crippen molar-refractivity contribution in [3.05, 3.63) is 17.7 Å². The van der Waals surface area contributed by atoms with Crippen molar-refractivity contribution in [2.75, 3.05) is 7.05 Å². The Kier molecular flexibility index (Phi) is 3.83. The summed E-state index contributed by atoms with van der Waals surface area (Å²) in [6.45, 7) is 4.79. The zero-order valence-electron chi connectivity index (χ0n) is 8.95. The fourth-order valence-electron chi connectivity index (χ4n) is 1.53. The number of aldehydes is 1. The van der Waals surface area contributed by atoms with Gasteiger partial charge in [-0.2, -0.15) is 0 Å². The lowest BCUT2D eigenvalue weighted by atomic mass is 10.1. The first kappa shape index (κ1) is 10.9. The fraction of sp³-hybridized carbons (Fsp3) is 0.600. The van der Waals surface area contributed by atoms with Crippen LogP contribution in [0.2, 0.25) is 0 Å². The van der Waals surface area contributed by atoms with Gasteiger partial charge in [0.25, 0.3) is 0 Å². The van der Waals surface area contributed by atoms with E-state index in [4.69, 9.17) is 0 Å². The van der Waals surface area contributed by atoms with Gasteiger partial charge in [0.15, 0.2) is 0 Å². The number of nitrogens with one attached hydrogen (secondary N) is 1. The van der Waals surface area contributed by atoms with E-state index in [2.05, 4.69) is 9.97 Å². The number of fused-ring (bicyclic) bond motifs is 1. The number of hydrogen-bond donors (Lipinski definition) is 1. The molecule has 0 radical (unpaired) electrons.